The SMILES string of the molecule is O=C(O)[C@@H](CC(=O)N1C[C@@H]2CCCC[C@H]2C1)Cc1ccccc1. The van der Waals surface area contributed by atoms with E-state index in [0.717, 1.165) is 18.7 Å². The van der Waals surface area contributed by atoms with Gasteiger partial charge in [0.15, 0.2) is 0 Å². The van der Waals surface area contributed by atoms with Crippen molar-refractivity contribution >= 4 is 11.9 Å². The molecule has 4 nitrogen and oxygen atoms in total. The van der Waals surface area contributed by atoms with Crippen LogP contribution in [0.25, 0.3) is 0 Å². The summed E-state index contributed by atoms with van der Waals surface area (Å²) in [7, 11) is 0. The zero-order chi connectivity index (χ0) is 16.2. The zero-order valence-electron chi connectivity index (χ0n) is 13.5. The summed E-state index contributed by atoms with van der Waals surface area (Å²) in [5.74, 6) is -0.204. The van der Waals surface area contributed by atoms with Crippen LogP contribution in [-0.2, 0) is 16.0 Å². The fourth-order valence-electron chi connectivity index (χ4n) is 4.09. The number of rotatable bonds is 5. The van der Waals surface area contributed by atoms with Gasteiger partial charge in [-0.1, -0.05) is 43.2 Å². The van der Waals surface area contributed by atoms with E-state index >= 15 is 0 Å². The molecule has 3 atom stereocenters. The van der Waals surface area contributed by atoms with Gasteiger partial charge in [-0.15, -0.1) is 0 Å². The molecule has 4 heteroatoms. The van der Waals surface area contributed by atoms with Gasteiger partial charge in [-0.3, -0.25) is 9.59 Å². The molecule has 2 aliphatic rings. The summed E-state index contributed by atoms with van der Waals surface area (Å²) < 4.78 is 0. The van der Waals surface area contributed by atoms with Crippen molar-refractivity contribution in [1.29, 1.82) is 0 Å². The zero-order valence-corrected chi connectivity index (χ0v) is 13.5. The van der Waals surface area contributed by atoms with E-state index in [1.807, 2.05) is 35.2 Å². The third-order valence-electron chi connectivity index (χ3n) is 5.42. The maximum absolute atomic E-state index is 12.6. The number of nitrogens with zero attached hydrogens (tertiary/aromatic N) is 1. The molecule has 1 amide bonds. The number of carboxylic acid groups (broad SMARTS) is 1. The fourth-order valence-corrected chi connectivity index (χ4v) is 4.09. The lowest BCUT2D eigenvalue weighted by Gasteiger charge is -2.22. The molecular formula is C19H25NO3. The second-order valence-electron chi connectivity index (χ2n) is 7.03. The third kappa shape index (κ3) is 3.92. The van der Waals surface area contributed by atoms with Crippen molar-refractivity contribution in [2.75, 3.05) is 13.1 Å². The Morgan fingerprint density at radius 3 is 2.26 bits per heavy atom. The average molecular weight is 315 g/mol. The first kappa shape index (κ1) is 16.0. The van der Waals surface area contributed by atoms with Gasteiger partial charge in [-0.2, -0.15) is 0 Å². The quantitative estimate of drug-likeness (QED) is 0.909. The number of benzene rings is 1. The molecule has 0 radical (unpaired) electrons. The number of aliphatic carboxylic acids is 1. The van der Waals surface area contributed by atoms with Gasteiger partial charge in [0, 0.05) is 19.5 Å². The van der Waals surface area contributed by atoms with Crippen LogP contribution in [0.1, 0.15) is 37.7 Å². The Morgan fingerprint density at radius 1 is 1.09 bits per heavy atom. The number of amides is 1. The molecular weight excluding hydrogens is 290 g/mol. The maximum atomic E-state index is 12.6. The Kier molecular flexibility index (Phi) is 4.99. The third-order valence-corrected chi connectivity index (χ3v) is 5.42. The lowest BCUT2D eigenvalue weighted by Crippen LogP contribution is -2.33. The van der Waals surface area contributed by atoms with Gasteiger partial charge in [-0.25, -0.2) is 0 Å². The van der Waals surface area contributed by atoms with Crippen LogP contribution in [0.2, 0.25) is 0 Å². The van der Waals surface area contributed by atoms with Gasteiger partial charge in [0.05, 0.1) is 5.92 Å². The summed E-state index contributed by atoms with van der Waals surface area (Å²) in [6, 6.07) is 9.56. The topological polar surface area (TPSA) is 57.6 Å². The number of fused-ring (bicyclic) bond motifs is 1. The Morgan fingerprint density at radius 2 is 1.70 bits per heavy atom. The van der Waals surface area contributed by atoms with E-state index in [1.165, 1.54) is 25.7 Å². The molecule has 1 aliphatic carbocycles. The van der Waals surface area contributed by atoms with Crippen LogP contribution in [0.4, 0.5) is 0 Å². The summed E-state index contributed by atoms with van der Waals surface area (Å²) in [4.78, 5) is 26.0. The number of hydrogen-bond acceptors (Lipinski definition) is 2. The Bertz CT molecular complexity index is 543. The predicted octanol–water partition coefficient (Wildman–Crippen LogP) is 2.97. The Hall–Kier alpha value is -1.84. The van der Waals surface area contributed by atoms with Crippen LogP contribution in [0.3, 0.4) is 0 Å². The molecule has 1 N–H and O–H groups in total. The molecule has 1 aromatic rings. The summed E-state index contributed by atoms with van der Waals surface area (Å²) in [6.07, 6.45) is 5.53. The maximum Gasteiger partial charge on any atom is 0.307 e. The number of carbonyl (C=O) groups is 2. The lowest BCUT2D eigenvalue weighted by atomic mass is 9.82. The smallest absolute Gasteiger partial charge is 0.307 e. The van der Waals surface area contributed by atoms with Gasteiger partial charge < -0.3 is 10.0 Å². The highest BCUT2D eigenvalue weighted by atomic mass is 16.4. The van der Waals surface area contributed by atoms with E-state index in [1.54, 1.807) is 0 Å². The molecule has 1 saturated heterocycles. The van der Waals surface area contributed by atoms with Gasteiger partial charge in [0.25, 0.3) is 0 Å². The molecule has 23 heavy (non-hydrogen) atoms. The molecule has 0 unspecified atom stereocenters. The van der Waals surface area contributed by atoms with Gasteiger partial charge in [0.2, 0.25) is 5.91 Å². The van der Waals surface area contributed by atoms with E-state index in [-0.39, 0.29) is 12.3 Å². The number of carbonyl (C=O) groups excluding carboxylic acids is 1. The van der Waals surface area contributed by atoms with Crippen molar-refractivity contribution < 1.29 is 14.7 Å². The van der Waals surface area contributed by atoms with E-state index < -0.39 is 11.9 Å². The van der Waals surface area contributed by atoms with Crippen molar-refractivity contribution in [2.45, 2.75) is 38.5 Å². The first-order valence-corrected chi connectivity index (χ1v) is 8.68. The normalized spacial score (nSPS) is 25.0. The van der Waals surface area contributed by atoms with Crippen LogP contribution >= 0.6 is 0 Å². The van der Waals surface area contributed by atoms with E-state index in [4.69, 9.17) is 0 Å². The van der Waals surface area contributed by atoms with Crippen molar-refractivity contribution in [3.8, 4) is 0 Å². The van der Waals surface area contributed by atoms with Crippen molar-refractivity contribution in [2.24, 2.45) is 17.8 Å². The van der Waals surface area contributed by atoms with E-state index in [9.17, 15) is 14.7 Å². The average Bonchev–Trinajstić information content (AvgIpc) is 2.99. The predicted molar refractivity (Wildman–Crippen MR) is 87.9 cm³/mol. The van der Waals surface area contributed by atoms with Gasteiger partial charge in [0.1, 0.15) is 0 Å². The molecule has 2 fully saturated rings. The lowest BCUT2D eigenvalue weighted by molar-refractivity contribution is -0.145. The molecule has 3 rings (SSSR count). The van der Waals surface area contributed by atoms with E-state index in [0.29, 0.717) is 18.3 Å². The summed E-state index contributed by atoms with van der Waals surface area (Å²) in [5, 5.41) is 9.46. The molecule has 1 aromatic carbocycles. The summed E-state index contributed by atoms with van der Waals surface area (Å²) >= 11 is 0. The van der Waals surface area contributed by atoms with Crippen molar-refractivity contribution in [3.05, 3.63) is 35.9 Å². The number of carboxylic acids is 1. The van der Waals surface area contributed by atoms with E-state index in [2.05, 4.69) is 0 Å². The molecule has 1 saturated carbocycles. The first-order chi connectivity index (χ1) is 11.1. The Balaban J connectivity index is 1.59. The van der Waals surface area contributed by atoms with Crippen LogP contribution in [-0.4, -0.2) is 35.0 Å². The molecule has 0 aromatic heterocycles. The molecule has 1 heterocycles. The van der Waals surface area contributed by atoms with Crippen molar-refractivity contribution in [3.63, 3.8) is 0 Å². The fraction of sp³-hybridized carbons (Fsp3) is 0.579. The highest BCUT2D eigenvalue weighted by Crippen LogP contribution is 2.36. The number of hydrogen-bond donors (Lipinski definition) is 1. The van der Waals surface area contributed by atoms with Crippen molar-refractivity contribution in [1.82, 2.24) is 4.90 Å². The minimum Gasteiger partial charge on any atom is -0.481 e. The monoisotopic (exact) mass is 315 g/mol. The standard InChI is InChI=1S/C19H25NO3/c21-18(20-12-15-8-4-5-9-16(15)13-20)11-17(19(22)23)10-14-6-2-1-3-7-14/h1-3,6-7,15-17H,4-5,8-13H2,(H,22,23)/t15-,16-,17+/m0/s1. The number of likely N-dealkylation sites (tertiary alicyclic amines) is 1. The van der Waals surface area contributed by atoms with Crippen LogP contribution in [0.15, 0.2) is 30.3 Å². The minimum atomic E-state index is -0.876. The van der Waals surface area contributed by atoms with Crippen LogP contribution in [0.5, 0.6) is 0 Å². The first-order valence-electron chi connectivity index (χ1n) is 8.68. The van der Waals surface area contributed by atoms with Gasteiger partial charge in [-0.05, 0) is 36.7 Å². The molecule has 1 aliphatic heterocycles. The summed E-state index contributed by atoms with van der Waals surface area (Å²) in [5.41, 5.74) is 0.975. The molecule has 0 bridgehead atoms. The molecule has 124 valence electrons. The second kappa shape index (κ2) is 7.16. The largest absolute Gasteiger partial charge is 0.481 e. The second-order valence-corrected chi connectivity index (χ2v) is 7.03. The highest BCUT2D eigenvalue weighted by molar-refractivity contribution is 5.82. The summed E-state index contributed by atoms with van der Waals surface area (Å²) in [6.45, 7) is 1.67. The molecule has 0 spiro atoms. The minimum absolute atomic E-state index is 0.0164. The van der Waals surface area contributed by atoms with Gasteiger partial charge >= 0.3 is 5.97 Å². The van der Waals surface area contributed by atoms with Crippen LogP contribution < -0.4 is 0 Å². The Labute approximate surface area is 137 Å². The highest BCUT2D eigenvalue weighted by Gasteiger charge is 2.37. The van der Waals surface area contributed by atoms with Crippen LogP contribution in [0, 0.1) is 17.8 Å².